The minimum absolute atomic E-state index is 0.108. The number of hydrogen-bond acceptors (Lipinski definition) is 6. The second kappa shape index (κ2) is 6.19. The highest BCUT2D eigenvalue weighted by Gasteiger charge is 2.28. The summed E-state index contributed by atoms with van der Waals surface area (Å²) < 4.78 is 28.8. The van der Waals surface area contributed by atoms with Crippen LogP contribution in [0.3, 0.4) is 0 Å². The molecule has 0 fully saturated rings. The third-order valence-corrected chi connectivity index (χ3v) is 2.94. The summed E-state index contributed by atoms with van der Waals surface area (Å²) in [5.41, 5.74) is 5.80. The third-order valence-electron chi connectivity index (χ3n) is 2.94. The van der Waals surface area contributed by atoms with Crippen LogP contribution in [0.4, 0.5) is 4.39 Å². The Morgan fingerprint density at radius 1 is 1.43 bits per heavy atom. The van der Waals surface area contributed by atoms with E-state index < -0.39 is 11.4 Å². The number of nitrogens with zero attached hydrogens (tertiary/aromatic N) is 2. The molecule has 2 N–H and O–H groups in total. The number of halogens is 1. The molecule has 2 rings (SSSR count). The summed E-state index contributed by atoms with van der Waals surface area (Å²) in [4.78, 5) is 4.25. The minimum atomic E-state index is -0.859. The van der Waals surface area contributed by atoms with Crippen LogP contribution < -0.4 is 10.5 Å². The molecule has 0 aliphatic heterocycles. The second-order valence-corrected chi connectivity index (χ2v) is 4.83. The van der Waals surface area contributed by atoms with Crippen LogP contribution in [0, 0.1) is 5.82 Å². The molecule has 0 saturated carbocycles. The molecule has 21 heavy (non-hydrogen) atoms. The molecule has 0 amide bonds. The third kappa shape index (κ3) is 3.37. The van der Waals surface area contributed by atoms with Crippen molar-refractivity contribution in [1.82, 2.24) is 10.1 Å². The maximum absolute atomic E-state index is 13.4. The molecule has 0 aliphatic rings. The van der Waals surface area contributed by atoms with Gasteiger partial charge in [0.1, 0.15) is 5.54 Å². The lowest BCUT2D eigenvalue weighted by molar-refractivity contribution is 0.0962. The summed E-state index contributed by atoms with van der Waals surface area (Å²) in [6.07, 6.45) is 0. The zero-order valence-electron chi connectivity index (χ0n) is 12.2. The Kier molecular flexibility index (Phi) is 4.54. The lowest BCUT2D eigenvalue weighted by atomic mass is 10.1. The molecule has 1 atom stereocenters. The SMILES string of the molecule is CCOCC(C)(N)c1noc(-c2ccc(F)c(OC)c2)n1. The number of hydrogen-bond donors (Lipinski definition) is 1. The van der Waals surface area contributed by atoms with Gasteiger partial charge in [-0.25, -0.2) is 4.39 Å². The highest BCUT2D eigenvalue weighted by atomic mass is 19.1. The number of methoxy groups -OCH3 is 1. The second-order valence-electron chi connectivity index (χ2n) is 4.83. The van der Waals surface area contributed by atoms with Gasteiger partial charge in [-0.3, -0.25) is 0 Å². The molecule has 1 heterocycles. The molecule has 6 nitrogen and oxygen atoms in total. The smallest absolute Gasteiger partial charge is 0.258 e. The summed E-state index contributed by atoms with van der Waals surface area (Å²) in [6, 6.07) is 4.30. The van der Waals surface area contributed by atoms with Crippen LogP contribution in [0.15, 0.2) is 22.7 Å². The highest BCUT2D eigenvalue weighted by molar-refractivity contribution is 5.56. The van der Waals surface area contributed by atoms with Gasteiger partial charge in [0.15, 0.2) is 17.4 Å². The van der Waals surface area contributed by atoms with E-state index in [1.54, 1.807) is 6.92 Å². The molecular weight excluding hydrogens is 277 g/mol. The molecule has 1 aromatic carbocycles. The Morgan fingerprint density at radius 3 is 2.86 bits per heavy atom. The van der Waals surface area contributed by atoms with Crippen molar-refractivity contribution in [3.05, 3.63) is 29.8 Å². The van der Waals surface area contributed by atoms with E-state index in [2.05, 4.69) is 10.1 Å². The molecular formula is C14H18FN3O3. The van der Waals surface area contributed by atoms with E-state index in [-0.39, 0.29) is 18.2 Å². The van der Waals surface area contributed by atoms with Gasteiger partial charge in [0.05, 0.1) is 13.7 Å². The van der Waals surface area contributed by atoms with Crippen LogP contribution >= 0.6 is 0 Å². The van der Waals surface area contributed by atoms with E-state index in [9.17, 15) is 4.39 Å². The van der Waals surface area contributed by atoms with Crippen LogP contribution in [-0.2, 0) is 10.3 Å². The van der Waals surface area contributed by atoms with Crippen LogP contribution in [-0.4, -0.2) is 30.5 Å². The average Bonchev–Trinajstić information content (AvgIpc) is 2.96. The monoisotopic (exact) mass is 295 g/mol. The zero-order chi connectivity index (χ0) is 15.5. The van der Waals surface area contributed by atoms with E-state index in [0.29, 0.717) is 18.0 Å². The zero-order valence-corrected chi connectivity index (χ0v) is 12.2. The maximum Gasteiger partial charge on any atom is 0.258 e. The number of nitrogens with two attached hydrogens (primary N) is 1. The molecule has 0 spiro atoms. The summed E-state index contributed by atoms with van der Waals surface area (Å²) in [5, 5.41) is 3.87. The molecule has 7 heteroatoms. The predicted molar refractivity (Wildman–Crippen MR) is 74.3 cm³/mol. The highest BCUT2D eigenvalue weighted by Crippen LogP contribution is 2.26. The number of benzene rings is 1. The molecule has 0 radical (unpaired) electrons. The molecule has 2 aromatic rings. The largest absolute Gasteiger partial charge is 0.494 e. The van der Waals surface area contributed by atoms with Crippen LogP contribution in [0.25, 0.3) is 11.5 Å². The van der Waals surface area contributed by atoms with Crippen molar-refractivity contribution in [2.24, 2.45) is 5.73 Å². The van der Waals surface area contributed by atoms with Gasteiger partial charge in [0, 0.05) is 12.2 Å². The summed E-state index contributed by atoms with van der Waals surface area (Å²) in [7, 11) is 1.39. The molecule has 1 aromatic heterocycles. The topological polar surface area (TPSA) is 83.4 Å². The normalized spacial score (nSPS) is 14.0. The Hall–Kier alpha value is -1.99. The first-order chi connectivity index (χ1) is 9.97. The van der Waals surface area contributed by atoms with E-state index >= 15 is 0 Å². The molecule has 0 saturated heterocycles. The predicted octanol–water partition coefficient (Wildman–Crippen LogP) is 2.09. The molecule has 114 valence electrons. The molecule has 0 bridgehead atoms. The van der Waals surface area contributed by atoms with E-state index in [0.717, 1.165) is 0 Å². The van der Waals surface area contributed by atoms with Gasteiger partial charge in [-0.2, -0.15) is 4.98 Å². The van der Waals surface area contributed by atoms with Crippen molar-refractivity contribution in [3.63, 3.8) is 0 Å². The van der Waals surface area contributed by atoms with Crippen molar-refractivity contribution in [2.75, 3.05) is 20.3 Å². The van der Waals surface area contributed by atoms with Crippen LogP contribution in [0.5, 0.6) is 5.75 Å². The fourth-order valence-electron chi connectivity index (χ4n) is 1.74. The Balaban J connectivity index is 2.27. The Bertz CT molecular complexity index is 613. The summed E-state index contributed by atoms with van der Waals surface area (Å²) in [5.74, 6) is 0.226. The Morgan fingerprint density at radius 2 is 2.19 bits per heavy atom. The van der Waals surface area contributed by atoms with Crippen molar-refractivity contribution in [1.29, 1.82) is 0 Å². The number of ether oxygens (including phenoxy) is 2. The van der Waals surface area contributed by atoms with Gasteiger partial charge < -0.3 is 19.7 Å². The lowest BCUT2D eigenvalue weighted by Gasteiger charge is -2.19. The molecule has 0 aliphatic carbocycles. The van der Waals surface area contributed by atoms with Crippen molar-refractivity contribution >= 4 is 0 Å². The number of rotatable bonds is 6. The van der Waals surface area contributed by atoms with Gasteiger partial charge in [0.25, 0.3) is 5.89 Å². The first-order valence-electron chi connectivity index (χ1n) is 6.52. The molecule has 1 unspecified atom stereocenters. The maximum atomic E-state index is 13.4. The van der Waals surface area contributed by atoms with Gasteiger partial charge in [0.2, 0.25) is 0 Å². The Labute approximate surface area is 122 Å². The van der Waals surface area contributed by atoms with Crippen molar-refractivity contribution < 1.29 is 18.4 Å². The first-order valence-corrected chi connectivity index (χ1v) is 6.52. The quantitative estimate of drug-likeness (QED) is 0.878. The van der Waals surface area contributed by atoms with Gasteiger partial charge >= 0.3 is 0 Å². The lowest BCUT2D eigenvalue weighted by Crippen LogP contribution is -2.39. The van der Waals surface area contributed by atoms with Gasteiger partial charge in [-0.15, -0.1) is 0 Å². The average molecular weight is 295 g/mol. The fourth-order valence-corrected chi connectivity index (χ4v) is 1.74. The van der Waals surface area contributed by atoms with Crippen molar-refractivity contribution in [2.45, 2.75) is 19.4 Å². The first kappa shape index (κ1) is 15.4. The van der Waals surface area contributed by atoms with Gasteiger partial charge in [-0.1, -0.05) is 5.16 Å². The fraction of sp³-hybridized carbons (Fsp3) is 0.429. The summed E-state index contributed by atoms with van der Waals surface area (Å²) in [6.45, 7) is 4.45. The minimum Gasteiger partial charge on any atom is -0.494 e. The number of aromatic nitrogens is 2. The van der Waals surface area contributed by atoms with E-state index in [1.165, 1.54) is 25.3 Å². The van der Waals surface area contributed by atoms with Crippen LogP contribution in [0.1, 0.15) is 19.7 Å². The van der Waals surface area contributed by atoms with Crippen molar-refractivity contribution in [3.8, 4) is 17.2 Å². The standard InChI is InChI=1S/C14H18FN3O3/c1-4-20-8-14(2,16)13-17-12(21-18-13)9-5-6-10(15)11(7-9)19-3/h5-7H,4,8,16H2,1-3H3. The van der Waals surface area contributed by atoms with Crippen LogP contribution in [0.2, 0.25) is 0 Å². The van der Waals surface area contributed by atoms with Gasteiger partial charge in [-0.05, 0) is 32.0 Å². The van der Waals surface area contributed by atoms with E-state index in [1.807, 2.05) is 6.92 Å². The summed E-state index contributed by atoms with van der Waals surface area (Å²) >= 11 is 0. The van der Waals surface area contributed by atoms with E-state index in [4.69, 9.17) is 19.7 Å².